The zero-order valence-electron chi connectivity index (χ0n) is 7.14. The minimum absolute atomic E-state index is 0. The van der Waals surface area contributed by atoms with E-state index in [0.717, 1.165) is 19.0 Å². The molecule has 0 aliphatic heterocycles. The van der Waals surface area contributed by atoms with Crippen LogP contribution in [0.15, 0.2) is 10.6 Å². The molecule has 0 N–H and O–H groups in total. The Labute approximate surface area is 116 Å². The topological polar surface area (TPSA) is 26.0 Å². The van der Waals surface area contributed by atoms with Crippen LogP contribution in [0.25, 0.3) is 0 Å². The Morgan fingerprint density at radius 1 is 1.38 bits per heavy atom. The number of hydrogen-bond acceptors (Lipinski definition) is 2. The summed E-state index contributed by atoms with van der Waals surface area (Å²) in [5, 5.41) is 0. The molecule has 1 aliphatic carbocycles. The molecule has 0 unspecified atom stereocenters. The number of rotatable bonds is 2. The Bertz CT molecular complexity index is 296. The van der Waals surface area contributed by atoms with Crippen molar-refractivity contribution in [3.05, 3.63) is 12.1 Å². The van der Waals surface area contributed by atoms with Crippen molar-refractivity contribution < 1.29 is 68.7 Å². The maximum atomic E-state index is 12.0. The van der Waals surface area contributed by atoms with E-state index in [9.17, 15) is 12.9 Å². The molecule has 0 amide bonds. The fraction of sp³-hybridized carbons (Fsp3) is 0.500. The Kier molecular flexibility index (Phi) is 3.68. The molecule has 2 nitrogen and oxygen atoms in total. The third-order valence-corrected chi connectivity index (χ3v) is 1.79. The molecule has 0 saturated heterocycles. The monoisotopic (exact) mass is 215 g/mol. The minimum Gasteiger partial charge on any atom is -0.478 e. The predicted octanol–water partition coefficient (Wildman–Crippen LogP) is -1.39. The quantitative estimate of drug-likeness (QED) is 0.568. The van der Waals surface area contributed by atoms with Crippen LogP contribution in [0.5, 0.6) is 0 Å². The molecule has 0 spiro atoms. The van der Waals surface area contributed by atoms with Crippen LogP contribution in [-0.2, 0) is 0 Å². The second-order valence-electron chi connectivity index (χ2n) is 2.95. The van der Waals surface area contributed by atoms with Gasteiger partial charge in [0.05, 0.1) is 5.66 Å². The van der Waals surface area contributed by atoms with Crippen LogP contribution in [0.1, 0.15) is 24.7 Å². The summed E-state index contributed by atoms with van der Waals surface area (Å²) in [6, 6.07) is 0. The molecule has 7 heteroatoms. The van der Waals surface area contributed by atoms with Crippen LogP contribution < -0.4 is 57.0 Å². The first-order valence-corrected chi connectivity index (χ1v) is 3.73. The van der Waals surface area contributed by atoms with E-state index in [4.69, 9.17) is 0 Å². The first-order valence-electron chi connectivity index (χ1n) is 3.73. The zero-order chi connectivity index (χ0) is 8.77. The van der Waals surface area contributed by atoms with Crippen LogP contribution in [0.4, 0.5) is 12.9 Å². The van der Waals surface area contributed by atoms with E-state index < -0.39 is 12.6 Å². The van der Waals surface area contributed by atoms with Crippen molar-refractivity contribution in [2.24, 2.45) is 0 Å². The largest absolute Gasteiger partial charge is 1.00 e. The normalized spacial score (nSPS) is 16.8. The molecule has 1 saturated carbocycles. The van der Waals surface area contributed by atoms with Crippen molar-refractivity contribution in [2.45, 2.75) is 18.8 Å². The Balaban J connectivity index is 0.000000845. The molecule has 1 fully saturated rings. The van der Waals surface area contributed by atoms with Gasteiger partial charge in [0, 0.05) is 12.1 Å². The number of hydrogen-bond donors (Lipinski definition) is 0. The van der Waals surface area contributed by atoms with Gasteiger partial charge in [-0.15, -0.1) is 0 Å². The molecule has 0 bridgehead atoms. The van der Waals surface area contributed by atoms with Gasteiger partial charge < -0.3 is 17.4 Å². The number of halogens is 3. The SMILES string of the molecule is F[B-](F)(F)c1cnc(C2CC2)o1.[K+]. The van der Waals surface area contributed by atoms with Crippen molar-refractivity contribution in [3.8, 4) is 0 Å². The van der Waals surface area contributed by atoms with Crippen LogP contribution in [-0.4, -0.2) is 12.0 Å². The molecule has 1 aromatic rings. The van der Waals surface area contributed by atoms with Crippen LogP contribution in [0.3, 0.4) is 0 Å². The molecule has 0 radical (unpaired) electrons. The second-order valence-corrected chi connectivity index (χ2v) is 2.95. The van der Waals surface area contributed by atoms with Crippen molar-refractivity contribution in [3.63, 3.8) is 0 Å². The Morgan fingerprint density at radius 3 is 2.38 bits per heavy atom. The maximum Gasteiger partial charge on any atom is 1.00 e. The molecular weight excluding hydrogens is 209 g/mol. The zero-order valence-corrected chi connectivity index (χ0v) is 10.3. The molecule has 2 rings (SSSR count). The molecule has 1 aromatic heterocycles. The van der Waals surface area contributed by atoms with Gasteiger partial charge in [-0.05, 0) is 12.8 Å². The van der Waals surface area contributed by atoms with Gasteiger partial charge in [-0.1, -0.05) is 0 Å². The minimum atomic E-state index is -5.01. The van der Waals surface area contributed by atoms with Gasteiger partial charge in [0.1, 0.15) is 0 Å². The smallest absolute Gasteiger partial charge is 0.478 e. The van der Waals surface area contributed by atoms with E-state index in [1.54, 1.807) is 0 Å². The van der Waals surface area contributed by atoms with Crippen LogP contribution >= 0.6 is 0 Å². The van der Waals surface area contributed by atoms with E-state index in [1.165, 1.54) is 0 Å². The standard InChI is InChI=1S/C6H6BF3NO.K/c8-7(9,10)5-3-11-6(12-5)4-1-2-4;/h3-4H,1-2H2;/q-1;+1. The summed E-state index contributed by atoms with van der Waals surface area (Å²) in [7, 11) is 0. The molecule has 1 heterocycles. The Hall–Kier alpha value is 0.701. The van der Waals surface area contributed by atoms with E-state index in [1.807, 2.05) is 0 Å². The van der Waals surface area contributed by atoms with Crippen LogP contribution in [0.2, 0.25) is 0 Å². The molecule has 13 heavy (non-hydrogen) atoms. The van der Waals surface area contributed by atoms with E-state index in [2.05, 4.69) is 9.40 Å². The summed E-state index contributed by atoms with van der Waals surface area (Å²) in [6.07, 6.45) is 2.56. The van der Waals surface area contributed by atoms with Crippen LogP contribution in [0, 0.1) is 0 Å². The van der Waals surface area contributed by atoms with Gasteiger partial charge in [-0.3, -0.25) is 0 Å². The fourth-order valence-corrected chi connectivity index (χ4v) is 0.971. The first-order chi connectivity index (χ1) is 5.57. The van der Waals surface area contributed by atoms with Crippen molar-refractivity contribution >= 4 is 12.6 Å². The Morgan fingerprint density at radius 2 is 2.00 bits per heavy atom. The van der Waals surface area contributed by atoms with E-state index in [-0.39, 0.29) is 63.2 Å². The molecule has 0 atom stereocenters. The van der Waals surface area contributed by atoms with Gasteiger partial charge >= 0.3 is 58.4 Å². The molecule has 0 aromatic carbocycles. The summed E-state index contributed by atoms with van der Waals surface area (Å²) in [5.41, 5.74) is -0.933. The van der Waals surface area contributed by atoms with Gasteiger partial charge in [-0.2, -0.15) is 0 Å². The maximum absolute atomic E-state index is 12.0. The van der Waals surface area contributed by atoms with Gasteiger partial charge in [-0.25, -0.2) is 4.98 Å². The summed E-state index contributed by atoms with van der Waals surface area (Å²) < 4.78 is 40.6. The molecular formula is C6H6BF3KNO. The van der Waals surface area contributed by atoms with E-state index >= 15 is 0 Å². The van der Waals surface area contributed by atoms with Gasteiger partial charge in [0.15, 0.2) is 5.89 Å². The first kappa shape index (κ1) is 11.8. The fourth-order valence-electron chi connectivity index (χ4n) is 0.971. The summed E-state index contributed by atoms with van der Waals surface area (Å²) in [6.45, 7) is -5.01. The number of nitrogens with zero attached hydrogens (tertiary/aromatic N) is 1. The third-order valence-electron chi connectivity index (χ3n) is 1.79. The third kappa shape index (κ3) is 2.82. The van der Waals surface area contributed by atoms with Gasteiger partial charge in [0.25, 0.3) is 0 Å². The molecule has 1 aliphatic rings. The second kappa shape index (κ2) is 4.06. The summed E-state index contributed by atoms with van der Waals surface area (Å²) in [5.74, 6) is 0.376. The predicted molar refractivity (Wildman–Crippen MR) is 37.2 cm³/mol. The van der Waals surface area contributed by atoms with E-state index in [0.29, 0.717) is 0 Å². The van der Waals surface area contributed by atoms with Crippen molar-refractivity contribution in [2.75, 3.05) is 0 Å². The summed E-state index contributed by atoms with van der Waals surface area (Å²) in [4.78, 5) is 3.57. The molecule has 66 valence electrons. The van der Waals surface area contributed by atoms with Gasteiger partial charge in [0.2, 0.25) is 0 Å². The summed E-state index contributed by atoms with van der Waals surface area (Å²) >= 11 is 0. The average Bonchev–Trinajstić information content (AvgIpc) is 2.66. The van der Waals surface area contributed by atoms with Crippen molar-refractivity contribution in [1.29, 1.82) is 0 Å². The number of oxazole rings is 1. The average molecular weight is 215 g/mol. The number of aromatic nitrogens is 1. The van der Waals surface area contributed by atoms with Crippen molar-refractivity contribution in [1.82, 2.24) is 4.98 Å².